The summed E-state index contributed by atoms with van der Waals surface area (Å²) >= 11 is 6.05. The Bertz CT molecular complexity index is 589. The van der Waals surface area contributed by atoms with Crippen molar-refractivity contribution in [1.29, 1.82) is 0 Å². The highest BCUT2D eigenvalue weighted by Crippen LogP contribution is 2.19. The lowest BCUT2D eigenvalue weighted by Crippen LogP contribution is -2.05. The Hall–Kier alpha value is -1.88. The van der Waals surface area contributed by atoms with Crippen LogP contribution in [0.3, 0.4) is 0 Å². The van der Waals surface area contributed by atoms with Gasteiger partial charge in [0.05, 0.1) is 18.5 Å². The molecule has 0 bridgehead atoms. The molecule has 2 aromatic rings. The maximum atomic E-state index is 6.05. The van der Waals surface area contributed by atoms with Crippen LogP contribution in [0.4, 0.5) is 5.82 Å². The van der Waals surface area contributed by atoms with Gasteiger partial charge in [0.1, 0.15) is 0 Å². The lowest BCUT2D eigenvalue weighted by Gasteiger charge is -2.09. The first-order valence-corrected chi connectivity index (χ1v) is 6.21. The fraction of sp³-hybridized carbons (Fsp3) is 0.308. The van der Waals surface area contributed by atoms with Crippen molar-refractivity contribution in [2.24, 2.45) is 0 Å². The minimum absolute atomic E-state index is 0.379. The van der Waals surface area contributed by atoms with Crippen LogP contribution in [0.25, 0.3) is 0 Å². The topological polar surface area (TPSA) is 59.9 Å². The molecular formula is C13H15ClN4O. The summed E-state index contributed by atoms with van der Waals surface area (Å²) in [4.78, 5) is 12.7. The van der Waals surface area contributed by atoms with E-state index in [0.717, 1.165) is 17.0 Å². The molecule has 2 rings (SSSR count). The van der Waals surface area contributed by atoms with Gasteiger partial charge < -0.3 is 10.1 Å². The van der Waals surface area contributed by atoms with Gasteiger partial charge in [-0.15, -0.1) is 0 Å². The van der Waals surface area contributed by atoms with Crippen molar-refractivity contribution in [3.63, 3.8) is 0 Å². The van der Waals surface area contributed by atoms with Gasteiger partial charge in [-0.3, -0.25) is 0 Å². The van der Waals surface area contributed by atoms with Crippen molar-refractivity contribution < 1.29 is 4.74 Å². The van der Waals surface area contributed by atoms with Gasteiger partial charge in [0, 0.05) is 18.8 Å². The van der Waals surface area contributed by atoms with Crippen molar-refractivity contribution in [3.8, 4) is 5.88 Å². The monoisotopic (exact) mass is 278 g/mol. The molecule has 2 aromatic heterocycles. The van der Waals surface area contributed by atoms with Crippen LogP contribution in [0.5, 0.6) is 5.88 Å². The van der Waals surface area contributed by atoms with Gasteiger partial charge in [-0.2, -0.15) is 0 Å². The van der Waals surface area contributed by atoms with Crippen LogP contribution in [0.15, 0.2) is 18.3 Å². The highest BCUT2D eigenvalue weighted by atomic mass is 35.5. The number of nitrogens with one attached hydrogen (secondary N) is 1. The third-order valence-corrected chi connectivity index (χ3v) is 3.00. The quantitative estimate of drug-likeness (QED) is 0.932. The minimum atomic E-state index is 0.379. The molecule has 0 aliphatic heterocycles. The Kier molecular flexibility index (Phi) is 4.16. The Morgan fingerprint density at radius 2 is 2.00 bits per heavy atom. The van der Waals surface area contributed by atoms with Crippen molar-refractivity contribution in [2.45, 2.75) is 20.4 Å². The highest BCUT2D eigenvalue weighted by molar-refractivity contribution is 6.31. The van der Waals surface area contributed by atoms with Crippen LogP contribution in [-0.4, -0.2) is 22.1 Å². The molecule has 19 heavy (non-hydrogen) atoms. The largest absolute Gasteiger partial charge is 0.481 e. The van der Waals surface area contributed by atoms with E-state index in [1.165, 1.54) is 0 Å². The molecule has 0 saturated carbocycles. The zero-order valence-electron chi connectivity index (χ0n) is 11.1. The predicted octanol–water partition coefficient (Wildman–Crippen LogP) is 2.76. The van der Waals surface area contributed by atoms with Crippen molar-refractivity contribution in [2.75, 3.05) is 12.4 Å². The summed E-state index contributed by atoms with van der Waals surface area (Å²) in [5, 5.41) is 3.54. The van der Waals surface area contributed by atoms with E-state index in [1.54, 1.807) is 13.3 Å². The number of aryl methyl sites for hydroxylation is 2. The molecule has 0 fully saturated rings. The molecule has 5 nitrogen and oxygen atoms in total. The number of rotatable bonds is 4. The zero-order chi connectivity index (χ0) is 13.8. The normalized spacial score (nSPS) is 10.3. The van der Waals surface area contributed by atoms with Gasteiger partial charge in [-0.25, -0.2) is 15.0 Å². The Morgan fingerprint density at radius 1 is 1.26 bits per heavy atom. The summed E-state index contributed by atoms with van der Waals surface area (Å²) < 4.78 is 5.07. The van der Waals surface area contributed by atoms with Crippen LogP contribution in [0.1, 0.15) is 17.0 Å². The summed E-state index contributed by atoms with van der Waals surface area (Å²) in [7, 11) is 1.59. The first-order chi connectivity index (χ1) is 9.10. The number of hydrogen-bond acceptors (Lipinski definition) is 5. The van der Waals surface area contributed by atoms with E-state index in [-0.39, 0.29) is 0 Å². The average molecular weight is 279 g/mol. The standard InChI is InChI=1S/C13H15ClN4O/c1-8-9(2)18-13(12(14)17-8)16-7-10-4-5-15-11(6-10)19-3/h4-6H,7H2,1-3H3,(H,16,18). The molecular weight excluding hydrogens is 264 g/mol. The third kappa shape index (κ3) is 3.32. The number of anilines is 1. The van der Waals surface area contributed by atoms with Crippen LogP contribution in [-0.2, 0) is 6.54 Å². The van der Waals surface area contributed by atoms with E-state index in [0.29, 0.717) is 23.4 Å². The second-order valence-electron chi connectivity index (χ2n) is 4.09. The minimum Gasteiger partial charge on any atom is -0.481 e. The molecule has 6 heteroatoms. The van der Waals surface area contributed by atoms with Crippen molar-refractivity contribution >= 4 is 17.4 Å². The molecule has 0 aromatic carbocycles. The molecule has 0 saturated heterocycles. The smallest absolute Gasteiger partial charge is 0.213 e. The summed E-state index contributed by atoms with van der Waals surface area (Å²) in [5.74, 6) is 1.16. The second kappa shape index (κ2) is 5.84. The molecule has 0 aliphatic carbocycles. The summed E-state index contributed by atoms with van der Waals surface area (Å²) in [5.41, 5.74) is 2.73. The molecule has 0 atom stereocenters. The van der Waals surface area contributed by atoms with E-state index in [2.05, 4.69) is 20.3 Å². The molecule has 2 heterocycles. The van der Waals surface area contributed by atoms with Crippen molar-refractivity contribution in [3.05, 3.63) is 40.4 Å². The lowest BCUT2D eigenvalue weighted by molar-refractivity contribution is 0.397. The average Bonchev–Trinajstić information content (AvgIpc) is 2.41. The number of aromatic nitrogens is 3. The van der Waals surface area contributed by atoms with Crippen LogP contribution >= 0.6 is 11.6 Å². The second-order valence-corrected chi connectivity index (χ2v) is 4.45. The lowest BCUT2D eigenvalue weighted by atomic mass is 10.2. The first kappa shape index (κ1) is 13.5. The van der Waals surface area contributed by atoms with E-state index < -0.39 is 0 Å². The van der Waals surface area contributed by atoms with Crippen LogP contribution in [0.2, 0.25) is 5.15 Å². The SMILES string of the molecule is COc1cc(CNc2nc(C)c(C)nc2Cl)ccn1. The molecule has 0 radical (unpaired) electrons. The molecule has 0 aliphatic rings. The van der Waals surface area contributed by atoms with Gasteiger partial charge >= 0.3 is 0 Å². The first-order valence-electron chi connectivity index (χ1n) is 5.83. The fourth-order valence-corrected chi connectivity index (χ4v) is 1.78. The summed E-state index contributed by atoms with van der Waals surface area (Å²) in [6.45, 7) is 4.36. The van der Waals surface area contributed by atoms with E-state index in [4.69, 9.17) is 16.3 Å². The molecule has 0 spiro atoms. The summed E-state index contributed by atoms with van der Waals surface area (Å²) in [6.07, 6.45) is 1.70. The van der Waals surface area contributed by atoms with E-state index in [1.807, 2.05) is 26.0 Å². The van der Waals surface area contributed by atoms with Gasteiger partial charge in [-0.05, 0) is 25.5 Å². The van der Waals surface area contributed by atoms with E-state index >= 15 is 0 Å². The fourth-order valence-electron chi connectivity index (χ4n) is 1.55. The molecule has 1 N–H and O–H groups in total. The number of hydrogen-bond donors (Lipinski definition) is 1. The number of halogens is 1. The number of methoxy groups -OCH3 is 1. The highest BCUT2D eigenvalue weighted by Gasteiger charge is 2.07. The number of nitrogens with zero attached hydrogens (tertiary/aromatic N) is 3. The molecule has 100 valence electrons. The van der Waals surface area contributed by atoms with Crippen LogP contribution in [0, 0.1) is 13.8 Å². The molecule has 0 unspecified atom stereocenters. The van der Waals surface area contributed by atoms with Crippen molar-refractivity contribution in [1.82, 2.24) is 15.0 Å². The van der Waals surface area contributed by atoms with Gasteiger partial charge in [-0.1, -0.05) is 11.6 Å². The van der Waals surface area contributed by atoms with E-state index in [9.17, 15) is 0 Å². The third-order valence-electron chi connectivity index (χ3n) is 2.73. The van der Waals surface area contributed by atoms with Gasteiger partial charge in [0.2, 0.25) is 5.88 Å². The summed E-state index contributed by atoms with van der Waals surface area (Å²) in [6, 6.07) is 3.76. The predicted molar refractivity (Wildman–Crippen MR) is 74.6 cm³/mol. The Balaban J connectivity index is 2.12. The number of pyridine rings is 1. The number of ether oxygens (including phenoxy) is 1. The zero-order valence-corrected chi connectivity index (χ0v) is 11.8. The Labute approximate surface area is 117 Å². The Morgan fingerprint density at radius 3 is 2.74 bits per heavy atom. The van der Waals surface area contributed by atoms with Gasteiger partial charge in [0.25, 0.3) is 0 Å². The van der Waals surface area contributed by atoms with Crippen LogP contribution < -0.4 is 10.1 Å². The maximum absolute atomic E-state index is 6.05. The van der Waals surface area contributed by atoms with Gasteiger partial charge in [0.15, 0.2) is 11.0 Å². The molecule has 0 amide bonds. The maximum Gasteiger partial charge on any atom is 0.213 e.